The zero-order chi connectivity index (χ0) is 14.7. The van der Waals surface area contributed by atoms with Gasteiger partial charge in [0.25, 0.3) is 0 Å². The Labute approximate surface area is 128 Å². The topological polar surface area (TPSA) is 81.0 Å². The van der Waals surface area contributed by atoms with E-state index in [0.717, 1.165) is 4.88 Å². The molecule has 2 aromatic heterocycles. The molecular weight excluding hydrogens is 323 g/mol. The van der Waals surface area contributed by atoms with Gasteiger partial charge in [0.2, 0.25) is 11.1 Å². The predicted octanol–water partition coefficient (Wildman–Crippen LogP) is 3.72. The largest absolute Gasteiger partial charge is 0.364 e. The van der Waals surface area contributed by atoms with Crippen LogP contribution in [0.5, 0.6) is 0 Å². The molecule has 1 N–H and O–H groups in total. The van der Waals surface area contributed by atoms with E-state index >= 15 is 0 Å². The first-order valence-corrected chi connectivity index (χ1v) is 7.21. The first kappa shape index (κ1) is 15.0. The van der Waals surface area contributed by atoms with Crippen molar-refractivity contribution in [3.8, 4) is 0 Å². The molecule has 0 unspecified atom stereocenters. The van der Waals surface area contributed by atoms with Gasteiger partial charge in [0, 0.05) is 11.4 Å². The third-order valence-electron chi connectivity index (χ3n) is 2.51. The second kappa shape index (κ2) is 6.34. The summed E-state index contributed by atoms with van der Waals surface area (Å²) in [7, 11) is 0. The number of aromatic nitrogens is 2. The predicted molar refractivity (Wildman–Crippen MR) is 80.0 cm³/mol. The van der Waals surface area contributed by atoms with Gasteiger partial charge in [-0.25, -0.2) is 4.98 Å². The molecule has 0 amide bonds. The van der Waals surface area contributed by atoms with E-state index in [9.17, 15) is 10.1 Å². The Hall–Kier alpha value is -1.44. The summed E-state index contributed by atoms with van der Waals surface area (Å²) < 4.78 is 0.715. The van der Waals surface area contributed by atoms with Crippen molar-refractivity contribution in [1.82, 2.24) is 9.97 Å². The molecule has 9 heteroatoms. The normalized spacial score (nSPS) is 10.6. The standard InChI is InChI=1S/C11H10Cl2N4O2S/c1-6-9(17(18)19)10(16-11(13)15-6)14-5-4-7-2-3-8(12)20-7/h2-3H,4-5H2,1H3,(H,14,15,16). The van der Waals surface area contributed by atoms with Gasteiger partial charge in [-0.15, -0.1) is 11.3 Å². The van der Waals surface area contributed by atoms with Gasteiger partial charge in [-0.3, -0.25) is 10.1 Å². The molecule has 0 radical (unpaired) electrons. The lowest BCUT2D eigenvalue weighted by molar-refractivity contribution is -0.385. The molecule has 2 aromatic rings. The van der Waals surface area contributed by atoms with Crippen LogP contribution in [0.1, 0.15) is 10.6 Å². The molecule has 0 saturated carbocycles. The molecule has 2 heterocycles. The van der Waals surface area contributed by atoms with Gasteiger partial charge < -0.3 is 5.32 Å². The molecule has 0 aliphatic heterocycles. The minimum absolute atomic E-state index is 0.0187. The van der Waals surface area contributed by atoms with Crippen LogP contribution in [0.25, 0.3) is 0 Å². The highest BCUT2D eigenvalue weighted by Gasteiger charge is 2.21. The van der Waals surface area contributed by atoms with Crippen molar-refractivity contribution in [3.05, 3.63) is 42.4 Å². The maximum Gasteiger partial charge on any atom is 0.332 e. The highest BCUT2D eigenvalue weighted by Crippen LogP contribution is 2.27. The third-order valence-corrected chi connectivity index (χ3v) is 3.97. The average molecular weight is 333 g/mol. The number of rotatable bonds is 5. The molecule has 106 valence electrons. The Morgan fingerprint density at radius 1 is 1.40 bits per heavy atom. The van der Waals surface area contributed by atoms with Crippen LogP contribution < -0.4 is 5.32 Å². The number of hydrogen-bond donors (Lipinski definition) is 1. The molecule has 0 saturated heterocycles. The molecule has 0 aliphatic carbocycles. The third kappa shape index (κ3) is 3.56. The summed E-state index contributed by atoms with van der Waals surface area (Å²) in [5, 5.41) is 13.9. The van der Waals surface area contributed by atoms with Crippen LogP contribution in [0.15, 0.2) is 12.1 Å². The Kier molecular flexibility index (Phi) is 4.74. The summed E-state index contributed by atoms with van der Waals surface area (Å²) in [4.78, 5) is 19.2. The maximum absolute atomic E-state index is 11.0. The van der Waals surface area contributed by atoms with Crippen molar-refractivity contribution in [3.63, 3.8) is 0 Å². The Morgan fingerprint density at radius 3 is 2.75 bits per heavy atom. The van der Waals surface area contributed by atoms with Crippen LogP contribution in [0.4, 0.5) is 11.5 Å². The summed E-state index contributed by atoms with van der Waals surface area (Å²) in [5.41, 5.74) is 0.0790. The van der Waals surface area contributed by atoms with Crippen LogP contribution in [0, 0.1) is 17.0 Å². The average Bonchev–Trinajstić information content (AvgIpc) is 2.73. The van der Waals surface area contributed by atoms with E-state index in [-0.39, 0.29) is 22.5 Å². The van der Waals surface area contributed by atoms with Crippen molar-refractivity contribution in [1.29, 1.82) is 0 Å². The van der Waals surface area contributed by atoms with Crippen molar-refractivity contribution >= 4 is 46.0 Å². The van der Waals surface area contributed by atoms with E-state index in [0.29, 0.717) is 17.3 Å². The number of nitrogens with zero attached hydrogens (tertiary/aromatic N) is 3. The number of nitro groups is 1. The number of hydrogen-bond acceptors (Lipinski definition) is 6. The number of aryl methyl sites for hydroxylation is 1. The Bertz CT molecular complexity index is 647. The monoisotopic (exact) mass is 332 g/mol. The molecule has 20 heavy (non-hydrogen) atoms. The van der Waals surface area contributed by atoms with Gasteiger partial charge in [0.05, 0.1) is 9.26 Å². The van der Waals surface area contributed by atoms with Crippen LogP contribution >= 0.6 is 34.5 Å². The molecular formula is C11H10Cl2N4O2S. The van der Waals surface area contributed by atoms with Gasteiger partial charge in [0.15, 0.2) is 0 Å². The van der Waals surface area contributed by atoms with Gasteiger partial charge in [-0.2, -0.15) is 4.98 Å². The fourth-order valence-electron chi connectivity index (χ4n) is 1.66. The molecule has 2 rings (SSSR count). The van der Waals surface area contributed by atoms with Crippen molar-refractivity contribution in [2.45, 2.75) is 13.3 Å². The van der Waals surface area contributed by atoms with Gasteiger partial charge in [-0.1, -0.05) is 11.6 Å². The van der Waals surface area contributed by atoms with Crippen molar-refractivity contribution < 1.29 is 4.92 Å². The first-order chi connectivity index (χ1) is 9.47. The molecule has 0 bridgehead atoms. The van der Waals surface area contributed by atoms with E-state index in [1.165, 1.54) is 18.3 Å². The van der Waals surface area contributed by atoms with E-state index in [1.54, 1.807) is 0 Å². The number of halogens is 2. The van der Waals surface area contributed by atoms with Gasteiger partial charge in [0.1, 0.15) is 5.69 Å². The zero-order valence-electron chi connectivity index (χ0n) is 10.4. The van der Waals surface area contributed by atoms with Crippen molar-refractivity contribution in [2.24, 2.45) is 0 Å². The summed E-state index contributed by atoms with van der Waals surface area (Å²) in [6.45, 7) is 2.01. The van der Waals surface area contributed by atoms with Crippen molar-refractivity contribution in [2.75, 3.05) is 11.9 Å². The Balaban J connectivity index is 2.10. The first-order valence-electron chi connectivity index (χ1n) is 5.64. The van der Waals surface area contributed by atoms with E-state index in [2.05, 4.69) is 15.3 Å². The van der Waals surface area contributed by atoms with E-state index in [4.69, 9.17) is 23.2 Å². The highest BCUT2D eigenvalue weighted by molar-refractivity contribution is 7.16. The maximum atomic E-state index is 11.0. The lowest BCUT2D eigenvalue weighted by Crippen LogP contribution is -2.10. The minimum atomic E-state index is -0.518. The Morgan fingerprint density at radius 2 is 2.15 bits per heavy atom. The second-order valence-electron chi connectivity index (χ2n) is 3.91. The van der Waals surface area contributed by atoms with Crippen LogP contribution in [0.3, 0.4) is 0 Å². The SMILES string of the molecule is Cc1nc(Cl)nc(NCCc2ccc(Cl)s2)c1[N+](=O)[O-]. The highest BCUT2D eigenvalue weighted by atomic mass is 35.5. The number of nitrogens with one attached hydrogen (secondary N) is 1. The number of anilines is 1. The fourth-order valence-corrected chi connectivity index (χ4v) is 2.96. The van der Waals surface area contributed by atoms with Crippen LogP contribution in [0.2, 0.25) is 9.62 Å². The second-order valence-corrected chi connectivity index (χ2v) is 6.05. The van der Waals surface area contributed by atoms with Crippen LogP contribution in [-0.4, -0.2) is 21.4 Å². The zero-order valence-corrected chi connectivity index (χ0v) is 12.7. The summed E-state index contributed by atoms with van der Waals surface area (Å²) in [6.07, 6.45) is 0.690. The van der Waals surface area contributed by atoms with E-state index < -0.39 is 4.92 Å². The molecule has 6 nitrogen and oxygen atoms in total. The molecule has 0 spiro atoms. The molecule has 0 aliphatic rings. The minimum Gasteiger partial charge on any atom is -0.364 e. The summed E-state index contributed by atoms with van der Waals surface area (Å²) >= 11 is 13.0. The number of thiophene rings is 1. The van der Waals surface area contributed by atoms with Gasteiger partial charge in [-0.05, 0) is 37.1 Å². The lowest BCUT2D eigenvalue weighted by atomic mass is 10.3. The van der Waals surface area contributed by atoms with Crippen LogP contribution in [-0.2, 0) is 6.42 Å². The van der Waals surface area contributed by atoms with Gasteiger partial charge >= 0.3 is 5.69 Å². The quantitative estimate of drug-likeness (QED) is 0.512. The lowest BCUT2D eigenvalue weighted by Gasteiger charge is -2.07. The summed E-state index contributed by atoms with van der Waals surface area (Å²) in [6, 6.07) is 3.73. The molecule has 0 atom stereocenters. The molecule has 0 fully saturated rings. The fraction of sp³-hybridized carbons (Fsp3) is 0.273. The summed E-state index contributed by atoms with van der Waals surface area (Å²) in [5.74, 6) is 0.134. The smallest absolute Gasteiger partial charge is 0.332 e. The van der Waals surface area contributed by atoms with E-state index in [1.807, 2.05) is 12.1 Å². The molecule has 0 aromatic carbocycles.